The van der Waals surface area contributed by atoms with E-state index in [1.165, 1.54) is 58.0 Å². The van der Waals surface area contributed by atoms with Crippen molar-refractivity contribution in [3.05, 3.63) is 0 Å². The summed E-state index contributed by atoms with van der Waals surface area (Å²) in [5.41, 5.74) is 0. The Hall–Kier alpha value is -0.120. The van der Waals surface area contributed by atoms with Crippen molar-refractivity contribution in [3.63, 3.8) is 0 Å². The second-order valence-corrected chi connectivity index (χ2v) is 6.99. The summed E-state index contributed by atoms with van der Waals surface area (Å²) >= 11 is 0. The summed E-state index contributed by atoms with van der Waals surface area (Å²) in [5, 5.41) is 17.1. The number of aliphatic hydroxyl groups excluding tert-OH is 1. The highest BCUT2D eigenvalue weighted by Gasteiger charge is 2.35. The first kappa shape index (κ1) is 13.8. The van der Waals surface area contributed by atoms with Gasteiger partial charge in [0.2, 0.25) is 0 Å². The zero-order chi connectivity index (χ0) is 13.1. The topological polar surface area (TPSA) is 44.3 Å². The van der Waals surface area contributed by atoms with E-state index in [0.29, 0.717) is 0 Å². The molecule has 3 atom stereocenters. The lowest BCUT2D eigenvalue weighted by atomic mass is 9.86. The van der Waals surface area contributed by atoms with Gasteiger partial charge in [0.1, 0.15) is 0 Å². The zero-order valence-electron chi connectivity index (χ0n) is 12.1. The van der Waals surface area contributed by atoms with Crippen molar-refractivity contribution >= 4 is 0 Å². The van der Waals surface area contributed by atoms with E-state index in [4.69, 9.17) is 0 Å². The van der Waals surface area contributed by atoms with Gasteiger partial charge in [-0.05, 0) is 76.3 Å². The summed E-state index contributed by atoms with van der Waals surface area (Å²) in [7, 11) is 0. The monoisotopic (exact) mass is 266 g/mol. The van der Waals surface area contributed by atoms with Crippen LogP contribution in [0.5, 0.6) is 0 Å². The largest absolute Gasteiger partial charge is 0.393 e. The number of aliphatic hydroxyl groups is 1. The van der Waals surface area contributed by atoms with Gasteiger partial charge >= 0.3 is 0 Å². The highest BCUT2D eigenvalue weighted by atomic mass is 16.3. The molecule has 0 spiro atoms. The van der Waals surface area contributed by atoms with Gasteiger partial charge in [0.15, 0.2) is 0 Å². The molecule has 0 radical (unpaired) electrons. The van der Waals surface area contributed by atoms with E-state index >= 15 is 0 Å². The molecule has 110 valence electrons. The molecular formula is C16H30N2O. The average Bonchev–Trinajstić information content (AvgIpc) is 3.08. The fraction of sp³-hybridized carbons (Fsp3) is 1.00. The van der Waals surface area contributed by atoms with Gasteiger partial charge in [0.05, 0.1) is 6.10 Å². The maximum atomic E-state index is 9.56. The minimum absolute atomic E-state index is 0.0156. The molecule has 1 heterocycles. The van der Waals surface area contributed by atoms with Crippen LogP contribution in [0.4, 0.5) is 0 Å². The van der Waals surface area contributed by atoms with Crippen LogP contribution in [0, 0.1) is 11.8 Å². The van der Waals surface area contributed by atoms with Crippen LogP contribution in [0.3, 0.4) is 0 Å². The van der Waals surface area contributed by atoms with E-state index in [2.05, 4.69) is 10.6 Å². The summed E-state index contributed by atoms with van der Waals surface area (Å²) in [6, 6.07) is 1.54. The van der Waals surface area contributed by atoms with Crippen LogP contribution in [-0.4, -0.2) is 36.4 Å². The van der Waals surface area contributed by atoms with Crippen molar-refractivity contribution in [2.24, 2.45) is 11.8 Å². The highest BCUT2D eigenvalue weighted by Crippen LogP contribution is 2.32. The molecule has 3 fully saturated rings. The zero-order valence-corrected chi connectivity index (χ0v) is 12.1. The first-order valence-electron chi connectivity index (χ1n) is 8.48. The molecule has 3 aliphatic rings. The van der Waals surface area contributed by atoms with Gasteiger partial charge in [-0.3, -0.25) is 0 Å². The third-order valence-electron chi connectivity index (χ3n) is 5.67. The second kappa shape index (κ2) is 6.55. The minimum Gasteiger partial charge on any atom is -0.393 e. The van der Waals surface area contributed by atoms with Gasteiger partial charge in [0, 0.05) is 12.1 Å². The molecular weight excluding hydrogens is 236 g/mol. The summed E-state index contributed by atoms with van der Waals surface area (Å²) in [6.45, 7) is 2.41. The molecule has 3 unspecified atom stereocenters. The Labute approximate surface area is 117 Å². The van der Waals surface area contributed by atoms with Crippen molar-refractivity contribution in [3.8, 4) is 0 Å². The van der Waals surface area contributed by atoms with Crippen molar-refractivity contribution in [1.29, 1.82) is 0 Å². The SMILES string of the molecule is OC1CCC(CNC2CCCC2C2CCCN2)CC1. The van der Waals surface area contributed by atoms with Gasteiger partial charge in [-0.2, -0.15) is 0 Å². The van der Waals surface area contributed by atoms with Crippen LogP contribution >= 0.6 is 0 Å². The second-order valence-electron chi connectivity index (χ2n) is 6.99. The molecule has 2 saturated carbocycles. The Morgan fingerprint density at radius 2 is 1.79 bits per heavy atom. The van der Waals surface area contributed by atoms with E-state index in [-0.39, 0.29) is 6.10 Å². The van der Waals surface area contributed by atoms with Gasteiger partial charge < -0.3 is 15.7 Å². The smallest absolute Gasteiger partial charge is 0.0540 e. The third-order valence-corrected chi connectivity index (χ3v) is 5.67. The summed E-state index contributed by atoms with van der Waals surface area (Å²) < 4.78 is 0. The molecule has 0 amide bonds. The summed E-state index contributed by atoms with van der Waals surface area (Å²) in [4.78, 5) is 0. The number of rotatable bonds is 4. The van der Waals surface area contributed by atoms with Crippen molar-refractivity contribution in [2.75, 3.05) is 13.1 Å². The van der Waals surface area contributed by atoms with Crippen molar-refractivity contribution < 1.29 is 5.11 Å². The molecule has 3 nitrogen and oxygen atoms in total. The molecule has 2 aliphatic carbocycles. The van der Waals surface area contributed by atoms with Crippen molar-refractivity contribution in [2.45, 2.75) is 76.0 Å². The first-order valence-corrected chi connectivity index (χ1v) is 8.48. The maximum Gasteiger partial charge on any atom is 0.0540 e. The normalized spacial score (nSPS) is 43.7. The summed E-state index contributed by atoms with van der Waals surface area (Å²) in [5.74, 6) is 1.68. The quantitative estimate of drug-likeness (QED) is 0.730. The first-order chi connectivity index (χ1) is 9.33. The number of nitrogens with one attached hydrogen (secondary N) is 2. The molecule has 1 aliphatic heterocycles. The number of hydrogen-bond donors (Lipinski definition) is 3. The third kappa shape index (κ3) is 3.50. The maximum absolute atomic E-state index is 9.56. The minimum atomic E-state index is -0.0156. The lowest BCUT2D eigenvalue weighted by Gasteiger charge is -2.30. The van der Waals surface area contributed by atoms with Gasteiger partial charge in [-0.15, -0.1) is 0 Å². The molecule has 0 aromatic heterocycles. The van der Waals surface area contributed by atoms with Gasteiger partial charge in [-0.25, -0.2) is 0 Å². The molecule has 3 heteroatoms. The average molecular weight is 266 g/mol. The molecule has 1 saturated heterocycles. The molecule has 3 N–H and O–H groups in total. The lowest BCUT2D eigenvalue weighted by molar-refractivity contribution is 0.107. The van der Waals surface area contributed by atoms with E-state index < -0.39 is 0 Å². The van der Waals surface area contributed by atoms with Crippen LogP contribution < -0.4 is 10.6 Å². The highest BCUT2D eigenvalue weighted by molar-refractivity contribution is 4.93. The van der Waals surface area contributed by atoms with Crippen LogP contribution in [0.2, 0.25) is 0 Å². The van der Waals surface area contributed by atoms with Crippen LogP contribution in [-0.2, 0) is 0 Å². The fourth-order valence-corrected chi connectivity index (χ4v) is 4.47. The molecule has 0 aromatic rings. The molecule has 0 bridgehead atoms. The Morgan fingerprint density at radius 3 is 2.53 bits per heavy atom. The summed E-state index contributed by atoms with van der Waals surface area (Å²) in [6.07, 6.45) is 11.4. The predicted octanol–water partition coefficient (Wildman–Crippen LogP) is 2.05. The molecule has 19 heavy (non-hydrogen) atoms. The fourth-order valence-electron chi connectivity index (χ4n) is 4.47. The standard InChI is InChI=1S/C16H30N2O/c19-13-8-6-12(7-9-13)11-18-16-4-1-3-14(16)15-5-2-10-17-15/h12-19H,1-11H2. The van der Waals surface area contributed by atoms with Gasteiger partial charge in [-0.1, -0.05) is 6.42 Å². The molecule has 3 rings (SSSR count). The van der Waals surface area contributed by atoms with E-state index in [1.807, 2.05) is 0 Å². The lowest BCUT2D eigenvalue weighted by Crippen LogP contribution is -2.44. The van der Waals surface area contributed by atoms with Crippen LogP contribution in [0.1, 0.15) is 57.8 Å². The van der Waals surface area contributed by atoms with E-state index in [0.717, 1.165) is 36.8 Å². The van der Waals surface area contributed by atoms with Crippen molar-refractivity contribution in [1.82, 2.24) is 10.6 Å². The van der Waals surface area contributed by atoms with Crippen LogP contribution in [0.15, 0.2) is 0 Å². The Bertz CT molecular complexity index is 270. The predicted molar refractivity (Wildman–Crippen MR) is 78.1 cm³/mol. The number of hydrogen-bond acceptors (Lipinski definition) is 3. The Balaban J connectivity index is 1.43. The Morgan fingerprint density at radius 1 is 0.947 bits per heavy atom. The Kier molecular flexibility index (Phi) is 4.78. The van der Waals surface area contributed by atoms with E-state index in [1.54, 1.807) is 0 Å². The van der Waals surface area contributed by atoms with E-state index in [9.17, 15) is 5.11 Å². The van der Waals surface area contributed by atoms with Crippen LogP contribution in [0.25, 0.3) is 0 Å². The molecule has 0 aromatic carbocycles. The van der Waals surface area contributed by atoms with Gasteiger partial charge in [0.25, 0.3) is 0 Å².